The molecule has 106 valence electrons. The lowest BCUT2D eigenvalue weighted by atomic mass is 9.90. The van der Waals surface area contributed by atoms with Gasteiger partial charge in [-0.05, 0) is 48.8 Å². The maximum atomic E-state index is 3.72. The molecule has 0 spiro atoms. The summed E-state index contributed by atoms with van der Waals surface area (Å²) in [6.07, 6.45) is 6.71. The van der Waals surface area contributed by atoms with Gasteiger partial charge in [-0.2, -0.15) is 0 Å². The Bertz CT molecular complexity index is 368. The highest BCUT2D eigenvalue weighted by Crippen LogP contribution is 2.40. The molecule has 1 N–H and O–H groups in total. The van der Waals surface area contributed by atoms with Gasteiger partial charge in [-0.1, -0.05) is 57.9 Å². The Balaban J connectivity index is 2.10. The zero-order valence-corrected chi connectivity index (χ0v) is 12.8. The molecule has 1 fully saturated rings. The molecule has 3 atom stereocenters. The average molecular weight is 259 g/mol. The first-order chi connectivity index (χ1) is 9.28. The van der Waals surface area contributed by atoms with Crippen molar-refractivity contribution in [3.63, 3.8) is 0 Å². The molecule has 3 unspecified atom stereocenters. The summed E-state index contributed by atoms with van der Waals surface area (Å²) < 4.78 is 0. The molecule has 1 heteroatoms. The number of nitrogens with one attached hydrogen (secondary N) is 1. The Morgan fingerprint density at radius 1 is 1.11 bits per heavy atom. The molecular weight excluding hydrogens is 230 g/mol. The molecule has 0 heterocycles. The lowest BCUT2D eigenvalue weighted by Crippen LogP contribution is -2.27. The van der Waals surface area contributed by atoms with Crippen LogP contribution < -0.4 is 5.32 Å². The lowest BCUT2D eigenvalue weighted by molar-refractivity contribution is 0.359. The summed E-state index contributed by atoms with van der Waals surface area (Å²) in [6, 6.07) is 9.84. The summed E-state index contributed by atoms with van der Waals surface area (Å²) in [5.41, 5.74) is 2.93. The van der Waals surface area contributed by atoms with E-state index in [1.807, 2.05) is 0 Å². The monoisotopic (exact) mass is 259 g/mol. The molecule has 0 bridgehead atoms. The Morgan fingerprint density at radius 3 is 2.37 bits per heavy atom. The van der Waals surface area contributed by atoms with Gasteiger partial charge in [0.15, 0.2) is 0 Å². The van der Waals surface area contributed by atoms with Crippen molar-refractivity contribution in [2.45, 2.75) is 58.9 Å². The number of benzene rings is 1. The van der Waals surface area contributed by atoms with Gasteiger partial charge < -0.3 is 5.32 Å². The standard InChI is InChI=1S/C18H29N/c1-4-14-7-10-16(11-8-14)18(19-6-3)17-12-9-15(5-2)13-17/h7-8,10-11,15,17-19H,4-6,9,12-13H2,1-3H3. The topological polar surface area (TPSA) is 12.0 Å². The first-order valence-corrected chi connectivity index (χ1v) is 8.10. The van der Waals surface area contributed by atoms with Crippen LogP contribution in [0.3, 0.4) is 0 Å². The maximum absolute atomic E-state index is 3.72. The van der Waals surface area contributed by atoms with Gasteiger partial charge in [-0.25, -0.2) is 0 Å². The quantitative estimate of drug-likeness (QED) is 0.779. The number of rotatable bonds is 6. The molecule has 0 aromatic heterocycles. The van der Waals surface area contributed by atoms with Gasteiger partial charge in [0.1, 0.15) is 0 Å². The van der Waals surface area contributed by atoms with Crippen molar-refractivity contribution in [1.82, 2.24) is 5.32 Å². The van der Waals surface area contributed by atoms with Crippen molar-refractivity contribution >= 4 is 0 Å². The Kier molecular flexibility index (Phi) is 5.45. The van der Waals surface area contributed by atoms with Crippen LogP contribution in [0.1, 0.15) is 63.6 Å². The minimum Gasteiger partial charge on any atom is -0.310 e. The summed E-state index contributed by atoms with van der Waals surface area (Å²) in [7, 11) is 0. The fourth-order valence-corrected chi connectivity index (χ4v) is 3.52. The van der Waals surface area contributed by atoms with Crippen molar-refractivity contribution in [3.05, 3.63) is 35.4 Å². The molecule has 0 amide bonds. The van der Waals surface area contributed by atoms with Gasteiger partial charge in [0, 0.05) is 6.04 Å². The van der Waals surface area contributed by atoms with Gasteiger partial charge in [0.05, 0.1) is 0 Å². The van der Waals surface area contributed by atoms with Crippen molar-refractivity contribution in [2.75, 3.05) is 6.54 Å². The fraction of sp³-hybridized carbons (Fsp3) is 0.667. The molecule has 1 aliphatic carbocycles. The summed E-state index contributed by atoms with van der Waals surface area (Å²) in [4.78, 5) is 0. The molecule has 0 radical (unpaired) electrons. The molecule has 0 aliphatic heterocycles. The van der Waals surface area contributed by atoms with Crippen LogP contribution in [0.5, 0.6) is 0 Å². The Hall–Kier alpha value is -0.820. The normalized spacial score (nSPS) is 24.6. The molecule has 0 saturated heterocycles. The number of hydrogen-bond acceptors (Lipinski definition) is 1. The first kappa shape index (κ1) is 14.6. The second-order valence-corrected chi connectivity index (χ2v) is 5.98. The summed E-state index contributed by atoms with van der Waals surface area (Å²) in [6.45, 7) is 7.85. The summed E-state index contributed by atoms with van der Waals surface area (Å²) >= 11 is 0. The van der Waals surface area contributed by atoms with E-state index < -0.39 is 0 Å². The predicted molar refractivity (Wildman–Crippen MR) is 83.4 cm³/mol. The van der Waals surface area contributed by atoms with E-state index in [1.165, 1.54) is 36.8 Å². The minimum absolute atomic E-state index is 0.562. The molecular formula is C18H29N. The Labute approximate surface area is 118 Å². The largest absolute Gasteiger partial charge is 0.310 e. The summed E-state index contributed by atoms with van der Waals surface area (Å²) in [5.74, 6) is 1.79. The smallest absolute Gasteiger partial charge is 0.0348 e. The van der Waals surface area contributed by atoms with E-state index in [0.717, 1.165) is 24.8 Å². The van der Waals surface area contributed by atoms with Crippen LogP contribution in [0.25, 0.3) is 0 Å². The van der Waals surface area contributed by atoms with Crippen LogP contribution in [0.4, 0.5) is 0 Å². The van der Waals surface area contributed by atoms with Gasteiger partial charge >= 0.3 is 0 Å². The SMILES string of the molecule is CCNC(c1ccc(CC)cc1)C1CCC(CC)C1. The van der Waals surface area contributed by atoms with Gasteiger partial charge in [0.2, 0.25) is 0 Å². The number of aryl methyl sites for hydroxylation is 1. The highest BCUT2D eigenvalue weighted by Gasteiger charge is 2.30. The van der Waals surface area contributed by atoms with Gasteiger partial charge in [-0.3, -0.25) is 0 Å². The molecule has 19 heavy (non-hydrogen) atoms. The second-order valence-electron chi connectivity index (χ2n) is 5.98. The van der Waals surface area contributed by atoms with E-state index in [4.69, 9.17) is 0 Å². The third-order valence-corrected chi connectivity index (χ3v) is 4.80. The average Bonchev–Trinajstić information content (AvgIpc) is 2.93. The second kappa shape index (κ2) is 7.09. The van der Waals surface area contributed by atoms with Gasteiger partial charge in [-0.15, -0.1) is 0 Å². The molecule has 1 aliphatic rings. The van der Waals surface area contributed by atoms with E-state index in [1.54, 1.807) is 0 Å². The van der Waals surface area contributed by atoms with Crippen molar-refractivity contribution < 1.29 is 0 Å². The van der Waals surface area contributed by atoms with E-state index in [-0.39, 0.29) is 0 Å². The van der Waals surface area contributed by atoms with Crippen LogP contribution in [0, 0.1) is 11.8 Å². The maximum Gasteiger partial charge on any atom is 0.0348 e. The number of hydrogen-bond donors (Lipinski definition) is 1. The highest BCUT2D eigenvalue weighted by atomic mass is 14.9. The molecule has 1 aromatic rings. The van der Waals surface area contributed by atoms with E-state index in [2.05, 4.69) is 50.4 Å². The fourth-order valence-electron chi connectivity index (χ4n) is 3.52. The van der Waals surface area contributed by atoms with Crippen LogP contribution in [0.15, 0.2) is 24.3 Å². The minimum atomic E-state index is 0.562. The summed E-state index contributed by atoms with van der Waals surface area (Å²) in [5, 5.41) is 3.72. The van der Waals surface area contributed by atoms with Crippen LogP contribution in [-0.4, -0.2) is 6.54 Å². The lowest BCUT2D eigenvalue weighted by Gasteiger charge is -2.25. The van der Waals surface area contributed by atoms with Gasteiger partial charge in [0.25, 0.3) is 0 Å². The third-order valence-electron chi connectivity index (χ3n) is 4.80. The van der Waals surface area contributed by atoms with E-state index in [9.17, 15) is 0 Å². The molecule has 1 aromatic carbocycles. The van der Waals surface area contributed by atoms with Crippen molar-refractivity contribution in [3.8, 4) is 0 Å². The molecule has 1 nitrogen and oxygen atoms in total. The van der Waals surface area contributed by atoms with Crippen LogP contribution in [0.2, 0.25) is 0 Å². The van der Waals surface area contributed by atoms with E-state index in [0.29, 0.717) is 6.04 Å². The zero-order chi connectivity index (χ0) is 13.7. The van der Waals surface area contributed by atoms with E-state index >= 15 is 0 Å². The van der Waals surface area contributed by atoms with Crippen LogP contribution in [-0.2, 0) is 6.42 Å². The predicted octanol–water partition coefficient (Wildman–Crippen LogP) is 4.73. The first-order valence-electron chi connectivity index (χ1n) is 8.10. The van der Waals surface area contributed by atoms with Crippen molar-refractivity contribution in [2.24, 2.45) is 11.8 Å². The van der Waals surface area contributed by atoms with Crippen LogP contribution >= 0.6 is 0 Å². The highest BCUT2D eigenvalue weighted by molar-refractivity contribution is 5.25. The van der Waals surface area contributed by atoms with Crippen molar-refractivity contribution in [1.29, 1.82) is 0 Å². The molecule has 2 rings (SSSR count). The zero-order valence-electron chi connectivity index (χ0n) is 12.8. The third kappa shape index (κ3) is 3.60. The Morgan fingerprint density at radius 2 is 1.84 bits per heavy atom. The molecule has 1 saturated carbocycles.